The molecule has 7 heavy (non-hydrogen) atoms. The fraction of sp³-hybridized carbons (Fsp3) is 0.400. The average molecular weight is 97.1 g/mol. The van der Waals surface area contributed by atoms with Crippen LogP contribution in [0.5, 0.6) is 0 Å². The summed E-state index contributed by atoms with van der Waals surface area (Å²) in [6.45, 7) is 1.96. The number of rotatable bonds is 0. The summed E-state index contributed by atoms with van der Waals surface area (Å²) in [5.74, 6) is 0.465. The van der Waals surface area contributed by atoms with Crippen molar-refractivity contribution >= 4 is 6.21 Å². The van der Waals surface area contributed by atoms with Gasteiger partial charge in [0.15, 0.2) is 0 Å². The summed E-state index contributed by atoms with van der Waals surface area (Å²) in [6.07, 6.45) is 3.40. The molecule has 1 aliphatic heterocycles. The average Bonchev–Trinajstić information content (AvgIpc) is 1.87. The van der Waals surface area contributed by atoms with Gasteiger partial charge in [0.1, 0.15) is 0 Å². The van der Waals surface area contributed by atoms with Crippen molar-refractivity contribution in [2.75, 3.05) is 0 Å². The Balaban J connectivity index is 2.69. The molecular weight excluding hydrogens is 90.1 g/mol. The first-order chi connectivity index (χ1) is 3.29. The van der Waals surface area contributed by atoms with Gasteiger partial charge >= 0.3 is 0 Å². The molecule has 38 valence electrons. The second kappa shape index (κ2) is 1.37. The molecule has 1 aliphatic rings. The van der Waals surface area contributed by atoms with Gasteiger partial charge in [0.25, 0.3) is 0 Å². The third-order valence-electron chi connectivity index (χ3n) is 0.854. The summed E-state index contributed by atoms with van der Waals surface area (Å²) in [6, 6.07) is 0. The zero-order chi connectivity index (χ0) is 5.28. The second-order valence-corrected chi connectivity index (χ2v) is 1.66. The third kappa shape index (κ3) is 0.796. The van der Waals surface area contributed by atoms with E-state index in [-0.39, 0.29) is 5.88 Å². The van der Waals surface area contributed by atoms with Crippen molar-refractivity contribution in [3.8, 4) is 0 Å². The number of hydrogen-bond acceptors (Lipinski definition) is 2. The standard InChI is InChI=1S/C5H7NO/c1-4-2-5(7)6-3-4/h2-4,7H,1H3. The van der Waals surface area contributed by atoms with Gasteiger partial charge in [0, 0.05) is 12.1 Å². The smallest absolute Gasteiger partial charge is 0.206 e. The van der Waals surface area contributed by atoms with Crippen molar-refractivity contribution in [1.82, 2.24) is 0 Å². The number of aliphatic hydroxyl groups excluding tert-OH is 1. The van der Waals surface area contributed by atoms with Crippen LogP contribution in [0.3, 0.4) is 0 Å². The molecule has 2 nitrogen and oxygen atoms in total. The molecule has 1 rings (SSSR count). The number of nitrogens with zero attached hydrogens (tertiary/aromatic N) is 1. The van der Waals surface area contributed by atoms with E-state index >= 15 is 0 Å². The summed E-state index contributed by atoms with van der Waals surface area (Å²) in [4.78, 5) is 3.61. The number of aliphatic imine (C=N–C) groups is 1. The van der Waals surface area contributed by atoms with Gasteiger partial charge in [-0.15, -0.1) is 0 Å². The Hall–Kier alpha value is -0.790. The molecule has 1 atom stereocenters. The van der Waals surface area contributed by atoms with Crippen molar-refractivity contribution < 1.29 is 5.11 Å². The van der Waals surface area contributed by atoms with Gasteiger partial charge in [-0.25, -0.2) is 4.99 Å². The topological polar surface area (TPSA) is 32.6 Å². The normalized spacial score (nSPS) is 28.1. The van der Waals surface area contributed by atoms with Crippen molar-refractivity contribution in [1.29, 1.82) is 0 Å². The van der Waals surface area contributed by atoms with E-state index in [1.165, 1.54) is 0 Å². The molecule has 0 aromatic heterocycles. The lowest BCUT2D eigenvalue weighted by molar-refractivity contribution is 0.408. The number of hydrogen-bond donors (Lipinski definition) is 1. The zero-order valence-corrected chi connectivity index (χ0v) is 4.13. The van der Waals surface area contributed by atoms with Crippen LogP contribution in [-0.2, 0) is 0 Å². The van der Waals surface area contributed by atoms with Gasteiger partial charge in [-0.2, -0.15) is 0 Å². The van der Waals surface area contributed by atoms with Gasteiger partial charge in [0.2, 0.25) is 5.88 Å². The molecule has 1 heterocycles. The van der Waals surface area contributed by atoms with E-state index in [1.807, 2.05) is 6.92 Å². The van der Waals surface area contributed by atoms with Gasteiger partial charge in [-0.05, 0) is 6.08 Å². The second-order valence-electron chi connectivity index (χ2n) is 1.66. The maximum absolute atomic E-state index is 8.56. The molecule has 0 radical (unpaired) electrons. The maximum atomic E-state index is 8.56. The van der Waals surface area contributed by atoms with Crippen molar-refractivity contribution in [2.24, 2.45) is 10.9 Å². The van der Waals surface area contributed by atoms with Gasteiger partial charge in [-0.3, -0.25) is 0 Å². The predicted octanol–water partition coefficient (Wildman–Crippen LogP) is 1.11. The molecule has 0 aromatic carbocycles. The van der Waals surface area contributed by atoms with Gasteiger partial charge < -0.3 is 5.11 Å². The van der Waals surface area contributed by atoms with E-state index in [9.17, 15) is 0 Å². The Kier molecular flexibility index (Phi) is 0.855. The highest BCUT2D eigenvalue weighted by Crippen LogP contribution is 2.05. The molecule has 2 heteroatoms. The van der Waals surface area contributed by atoms with Crippen LogP contribution >= 0.6 is 0 Å². The molecule has 0 amide bonds. The van der Waals surface area contributed by atoms with Crippen LogP contribution in [0.4, 0.5) is 0 Å². The van der Waals surface area contributed by atoms with Crippen molar-refractivity contribution in [3.63, 3.8) is 0 Å². The van der Waals surface area contributed by atoms with E-state index in [2.05, 4.69) is 4.99 Å². The van der Waals surface area contributed by atoms with Crippen LogP contribution in [0.15, 0.2) is 17.0 Å². The molecule has 1 N–H and O–H groups in total. The first-order valence-electron chi connectivity index (χ1n) is 2.24. The monoisotopic (exact) mass is 97.1 g/mol. The summed E-state index contributed by atoms with van der Waals surface area (Å²) in [5.41, 5.74) is 0. The SMILES string of the molecule is CC1C=NC(O)=C1. The molecule has 0 bridgehead atoms. The van der Waals surface area contributed by atoms with Crippen LogP contribution in [0.1, 0.15) is 6.92 Å². The zero-order valence-electron chi connectivity index (χ0n) is 4.13. The van der Waals surface area contributed by atoms with Gasteiger partial charge in [0.05, 0.1) is 0 Å². The minimum atomic E-state index is 0.146. The van der Waals surface area contributed by atoms with E-state index in [0.717, 1.165) is 0 Å². The minimum absolute atomic E-state index is 0.146. The van der Waals surface area contributed by atoms with E-state index in [0.29, 0.717) is 5.92 Å². The minimum Gasteiger partial charge on any atom is -0.493 e. The number of aliphatic hydroxyl groups is 1. The largest absolute Gasteiger partial charge is 0.493 e. The highest BCUT2D eigenvalue weighted by Gasteiger charge is 2.01. The summed E-state index contributed by atoms with van der Waals surface area (Å²) >= 11 is 0. The first-order valence-corrected chi connectivity index (χ1v) is 2.24. The summed E-state index contributed by atoms with van der Waals surface area (Å²) in [7, 11) is 0. The fourth-order valence-electron chi connectivity index (χ4n) is 0.515. The molecule has 0 fully saturated rings. The lowest BCUT2D eigenvalue weighted by Gasteiger charge is -1.81. The number of allylic oxidation sites excluding steroid dienone is 1. The van der Waals surface area contributed by atoms with Crippen molar-refractivity contribution in [3.05, 3.63) is 12.0 Å². The Morgan fingerprint density at radius 1 is 1.86 bits per heavy atom. The van der Waals surface area contributed by atoms with Crippen LogP contribution in [-0.4, -0.2) is 11.3 Å². The maximum Gasteiger partial charge on any atom is 0.206 e. The van der Waals surface area contributed by atoms with E-state index in [1.54, 1.807) is 12.3 Å². The lowest BCUT2D eigenvalue weighted by Crippen LogP contribution is -1.81. The van der Waals surface area contributed by atoms with E-state index in [4.69, 9.17) is 5.11 Å². The highest BCUT2D eigenvalue weighted by molar-refractivity contribution is 5.66. The van der Waals surface area contributed by atoms with Crippen molar-refractivity contribution in [2.45, 2.75) is 6.92 Å². The molecule has 0 saturated heterocycles. The first kappa shape index (κ1) is 4.37. The summed E-state index contributed by atoms with van der Waals surface area (Å²) < 4.78 is 0. The predicted molar refractivity (Wildman–Crippen MR) is 28.4 cm³/mol. The fourth-order valence-corrected chi connectivity index (χ4v) is 0.515. The Labute approximate surface area is 42.2 Å². The Morgan fingerprint density at radius 3 is 2.71 bits per heavy atom. The quantitative estimate of drug-likeness (QED) is 0.482. The van der Waals surface area contributed by atoms with Gasteiger partial charge in [-0.1, -0.05) is 6.92 Å². The third-order valence-corrected chi connectivity index (χ3v) is 0.854. The lowest BCUT2D eigenvalue weighted by atomic mass is 10.2. The summed E-state index contributed by atoms with van der Waals surface area (Å²) in [5, 5.41) is 8.56. The molecule has 0 saturated carbocycles. The van der Waals surface area contributed by atoms with E-state index < -0.39 is 0 Å². The highest BCUT2D eigenvalue weighted by atomic mass is 16.3. The Morgan fingerprint density at radius 2 is 2.57 bits per heavy atom. The van der Waals surface area contributed by atoms with Crippen LogP contribution < -0.4 is 0 Å². The van der Waals surface area contributed by atoms with Crippen LogP contribution in [0.25, 0.3) is 0 Å². The Bertz CT molecular complexity index is 126. The van der Waals surface area contributed by atoms with Crippen LogP contribution in [0, 0.1) is 5.92 Å². The molecular formula is C5H7NO. The van der Waals surface area contributed by atoms with Crippen LogP contribution in [0.2, 0.25) is 0 Å². The molecule has 0 aliphatic carbocycles. The molecule has 0 aromatic rings. The molecule has 1 unspecified atom stereocenters. The molecule has 0 spiro atoms.